The molecule has 0 fully saturated rings. The number of hydrogen-bond acceptors (Lipinski definition) is 4. The van der Waals surface area contributed by atoms with Gasteiger partial charge in [0.15, 0.2) is 5.82 Å². The standard InChI is InChI=1S/C10H12FN3O3/c1-13(2)10(15)6-12-9-4-3-7(14(16)17)5-8(9)11/h3-5,12H,6H2,1-2H3. The van der Waals surface area contributed by atoms with Gasteiger partial charge in [-0.15, -0.1) is 0 Å². The summed E-state index contributed by atoms with van der Waals surface area (Å²) in [4.78, 5) is 22.3. The van der Waals surface area contributed by atoms with Gasteiger partial charge in [-0.1, -0.05) is 0 Å². The fourth-order valence-corrected chi connectivity index (χ4v) is 1.09. The Morgan fingerprint density at radius 3 is 2.65 bits per heavy atom. The fourth-order valence-electron chi connectivity index (χ4n) is 1.09. The highest BCUT2D eigenvalue weighted by molar-refractivity contribution is 5.80. The Morgan fingerprint density at radius 1 is 1.53 bits per heavy atom. The second-order valence-electron chi connectivity index (χ2n) is 3.56. The molecule has 0 aliphatic rings. The molecule has 92 valence electrons. The van der Waals surface area contributed by atoms with Crippen molar-refractivity contribution in [1.82, 2.24) is 4.90 Å². The molecule has 1 rings (SSSR count). The molecule has 0 bridgehead atoms. The molecule has 0 aromatic heterocycles. The molecule has 6 nitrogen and oxygen atoms in total. The number of carbonyl (C=O) groups excluding carboxylic acids is 1. The summed E-state index contributed by atoms with van der Waals surface area (Å²) < 4.78 is 13.4. The summed E-state index contributed by atoms with van der Waals surface area (Å²) in [7, 11) is 3.16. The highest BCUT2D eigenvalue weighted by Gasteiger charge is 2.11. The average Bonchev–Trinajstić information content (AvgIpc) is 2.26. The van der Waals surface area contributed by atoms with Crippen LogP contribution in [0.25, 0.3) is 0 Å². The van der Waals surface area contributed by atoms with Crippen molar-refractivity contribution in [3.8, 4) is 0 Å². The first-order valence-electron chi connectivity index (χ1n) is 4.80. The summed E-state index contributed by atoms with van der Waals surface area (Å²) in [5.41, 5.74) is -0.266. The second-order valence-corrected chi connectivity index (χ2v) is 3.56. The summed E-state index contributed by atoms with van der Waals surface area (Å²) in [5.74, 6) is -0.978. The van der Waals surface area contributed by atoms with Crippen molar-refractivity contribution in [2.75, 3.05) is 26.0 Å². The largest absolute Gasteiger partial charge is 0.374 e. The maximum Gasteiger partial charge on any atom is 0.272 e. The molecular formula is C10H12FN3O3. The predicted octanol–water partition coefficient (Wildman–Crippen LogP) is 1.23. The quantitative estimate of drug-likeness (QED) is 0.635. The first-order valence-corrected chi connectivity index (χ1v) is 4.80. The molecular weight excluding hydrogens is 229 g/mol. The van der Waals surface area contributed by atoms with Gasteiger partial charge in [0, 0.05) is 20.2 Å². The molecule has 7 heteroatoms. The molecule has 1 aromatic rings. The minimum Gasteiger partial charge on any atom is -0.374 e. The minimum absolute atomic E-state index is 0.0609. The highest BCUT2D eigenvalue weighted by atomic mass is 19.1. The van der Waals surface area contributed by atoms with Crippen molar-refractivity contribution in [3.63, 3.8) is 0 Å². The van der Waals surface area contributed by atoms with Gasteiger partial charge < -0.3 is 10.2 Å². The Kier molecular flexibility index (Phi) is 3.97. The van der Waals surface area contributed by atoms with Gasteiger partial charge in [-0.3, -0.25) is 14.9 Å². The van der Waals surface area contributed by atoms with Crippen LogP contribution in [0, 0.1) is 15.9 Å². The number of nitro groups is 1. The molecule has 0 aliphatic heterocycles. The number of amides is 1. The van der Waals surface area contributed by atoms with Crippen LogP contribution in [0.1, 0.15) is 0 Å². The molecule has 0 atom stereocenters. The van der Waals surface area contributed by atoms with Crippen LogP contribution in [0.3, 0.4) is 0 Å². The van der Waals surface area contributed by atoms with Crippen LogP contribution < -0.4 is 5.32 Å². The highest BCUT2D eigenvalue weighted by Crippen LogP contribution is 2.20. The smallest absolute Gasteiger partial charge is 0.272 e. The van der Waals surface area contributed by atoms with E-state index in [1.165, 1.54) is 17.0 Å². The van der Waals surface area contributed by atoms with E-state index < -0.39 is 10.7 Å². The molecule has 0 spiro atoms. The fraction of sp³-hybridized carbons (Fsp3) is 0.300. The molecule has 0 saturated carbocycles. The number of carbonyl (C=O) groups is 1. The van der Waals surface area contributed by atoms with Gasteiger partial charge in [-0.25, -0.2) is 4.39 Å². The van der Waals surface area contributed by atoms with E-state index in [-0.39, 0.29) is 23.8 Å². The molecule has 0 aliphatic carbocycles. The number of non-ortho nitro benzene ring substituents is 1. The van der Waals surface area contributed by atoms with E-state index in [4.69, 9.17) is 0 Å². The summed E-state index contributed by atoms with van der Waals surface area (Å²) >= 11 is 0. The van der Waals surface area contributed by atoms with E-state index in [1.807, 2.05) is 0 Å². The lowest BCUT2D eigenvalue weighted by atomic mass is 10.2. The van der Waals surface area contributed by atoms with E-state index in [0.717, 1.165) is 6.07 Å². The number of nitro benzene ring substituents is 1. The molecule has 0 unspecified atom stereocenters. The molecule has 1 amide bonds. The summed E-state index contributed by atoms with van der Waals surface area (Å²) in [6, 6.07) is 3.21. The molecule has 1 aromatic carbocycles. The number of anilines is 1. The molecule has 0 heterocycles. The second kappa shape index (κ2) is 5.24. The van der Waals surface area contributed by atoms with E-state index in [2.05, 4.69) is 5.32 Å². The number of hydrogen-bond donors (Lipinski definition) is 1. The van der Waals surface area contributed by atoms with Crippen molar-refractivity contribution in [2.24, 2.45) is 0 Å². The third kappa shape index (κ3) is 3.40. The number of nitrogens with zero attached hydrogens (tertiary/aromatic N) is 2. The van der Waals surface area contributed by atoms with Crippen LogP contribution in [-0.2, 0) is 4.79 Å². The summed E-state index contributed by atoms with van der Waals surface area (Å²) in [6.07, 6.45) is 0. The summed E-state index contributed by atoms with van der Waals surface area (Å²) in [5, 5.41) is 12.9. The van der Waals surface area contributed by atoms with E-state index in [9.17, 15) is 19.3 Å². The van der Waals surface area contributed by atoms with E-state index >= 15 is 0 Å². The van der Waals surface area contributed by atoms with Gasteiger partial charge in [-0.2, -0.15) is 0 Å². The monoisotopic (exact) mass is 241 g/mol. The van der Waals surface area contributed by atoms with E-state index in [1.54, 1.807) is 14.1 Å². The van der Waals surface area contributed by atoms with Crippen molar-refractivity contribution >= 4 is 17.3 Å². The van der Waals surface area contributed by atoms with Crippen molar-refractivity contribution in [2.45, 2.75) is 0 Å². The lowest BCUT2D eigenvalue weighted by Gasteiger charge is -2.11. The number of benzene rings is 1. The van der Waals surface area contributed by atoms with Crippen LogP contribution in [0.15, 0.2) is 18.2 Å². The van der Waals surface area contributed by atoms with Crippen LogP contribution in [0.5, 0.6) is 0 Å². The number of nitrogens with one attached hydrogen (secondary N) is 1. The van der Waals surface area contributed by atoms with Crippen LogP contribution in [0.4, 0.5) is 15.8 Å². The Bertz CT molecular complexity index is 448. The zero-order chi connectivity index (χ0) is 13.0. The zero-order valence-corrected chi connectivity index (χ0v) is 9.44. The Labute approximate surface area is 97.2 Å². The minimum atomic E-state index is -0.759. The van der Waals surface area contributed by atoms with Gasteiger partial charge in [0.2, 0.25) is 5.91 Å². The van der Waals surface area contributed by atoms with Gasteiger partial charge in [0.25, 0.3) is 5.69 Å². The van der Waals surface area contributed by atoms with Gasteiger partial charge in [0.05, 0.1) is 23.2 Å². The molecule has 17 heavy (non-hydrogen) atoms. The topological polar surface area (TPSA) is 75.5 Å². The Balaban J connectivity index is 2.73. The number of rotatable bonds is 4. The van der Waals surface area contributed by atoms with Crippen LogP contribution in [-0.4, -0.2) is 36.4 Å². The SMILES string of the molecule is CN(C)C(=O)CNc1ccc([N+](=O)[O-])cc1F. The zero-order valence-electron chi connectivity index (χ0n) is 9.44. The lowest BCUT2D eigenvalue weighted by molar-refractivity contribution is -0.385. The van der Waals surface area contributed by atoms with E-state index in [0.29, 0.717) is 0 Å². The maximum absolute atomic E-state index is 13.4. The first kappa shape index (κ1) is 12.9. The van der Waals surface area contributed by atoms with Crippen molar-refractivity contribution < 1.29 is 14.1 Å². The predicted molar refractivity (Wildman–Crippen MR) is 60.2 cm³/mol. The van der Waals surface area contributed by atoms with Crippen molar-refractivity contribution in [3.05, 3.63) is 34.1 Å². The number of halogens is 1. The summed E-state index contributed by atoms with van der Waals surface area (Å²) in [6.45, 7) is -0.0677. The Morgan fingerprint density at radius 2 is 2.18 bits per heavy atom. The normalized spacial score (nSPS) is 9.82. The first-order chi connectivity index (χ1) is 7.91. The third-order valence-corrected chi connectivity index (χ3v) is 2.09. The Hall–Kier alpha value is -2.18. The lowest BCUT2D eigenvalue weighted by Crippen LogP contribution is -2.28. The average molecular weight is 241 g/mol. The third-order valence-electron chi connectivity index (χ3n) is 2.09. The number of likely N-dealkylation sites (N-methyl/N-ethyl adjacent to an activating group) is 1. The molecule has 0 radical (unpaired) electrons. The maximum atomic E-state index is 13.4. The van der Waals surface area contributed by atoms with Gasteiger partial charge >= 0.3 is 0 Å². The molecule has 0 saturated heterocycles. The van der Waals surface area contributed by atoms with Crippen molar-refractivity contribution in [1.29, 1.82) is 0 Å². The molecule has 1 N–H and O–H groups in total. The van der Waals surface area contributed by atoms with Crippen LogP contribution >= 0.6 is 0 Å². The van der Waals surface area contributed by atoms with Gasteiger partial charge in [0.1, 0.15) is 0 Å². The van der Waals surface area contributed by atoms with Crippen LogP contribution in [0.2, 0.25) is 0 Å². The van der Waals surface area contributed by atoms with Gasteiger partial charge in [-0.05, 0) is 6.07 Å².